The molecule has 2 aromatic rings. The highest BCUT2D eigenvalue weighted by Crippen LogP contribution is 2.28. The summed E-state index contributed by atoms with van der Waals surface area (Å²) in [6, 6.07) is 2.06. The zero-order chi connectivity index (χ0) is 13.4. The molecule has 4 nitrogen and oxygen atoms in total. The van der Waals surface area contributed by atoms with Crippen LogP contribution >= 0.6 is 0 Å². The summed E-state index contributed by atoms with van der Waals surface area (Å²) in [6.45, 7) is 11.6. The van der Waals surface area contributed by atoms with Crippen molar-refractivity contribution in [3.63, 3.8) is 0 Å². The van der Waals surface area contributed by atoms with E-state index in [9.17, 15) is 0 Å². The second-order valence-corrected chi connectivity index (χ2v) is 6.41. The molecular weight excluding hydrogens is 228 g/mol. The van der Waals surface area contributed by atoms with Gasteiger partial charge in [0.1, 0.15) is 5.69 Å². The zero-order valence-corrected chi connectivity index (χ0v) is 11.8. The number of nitrogens with zero attached hydrogens (tertiary/aromatic N) is 1. The van der Waals surface area contributed by atoms with Gasteiger partial charge in [0, 0.05) is 5.41 Å². The Labute approximate surface area is 108 Å². The summed E-state index contributed by atoms with van der Waals surface area (Å²) in [6.07, 6.45) is 5.59. The summed E-state index contributed by atoms with van der Waals surface area (Å²) in [5.74, 6) is 0. The molecule has 0 amide bonds. The Hall–Kier alpha value is -1.58. The van der Waals surface area contributed by atoms with Gasteiger partial charge in [-0.15, -0.1) is 0 Å². The molecule has 4 heteroatoms. The van der Waals surface area contributed by atoms with Crippen LogP contribution in [-0.2, 0) is 17.4 Å². The molecule has 0 unspecified atom stereocenters. The lowest BCUT2D eigenvalue weighted by Gasteiger charge is -2.17. The highest BCUT2D eigenvalue weighted by atomic mass is 16.6. The van der Waals surface area contributed by atoms with Crippen LogP contribution in [0.1, 0.15) is 45.9 Å². The van der Waals surface area contributed by atoms with Crippen molar-refractivity contribution in [2.24, 2.45) is 0 Å². The first kappa shape index (κ1) is 12.9. The van der Waals surface area contributed by atoms with Crippen LogP contribution in [0.25, 0.3) is 0 Å². The summed E-state index contributed by atoms with van der Waals surface area (Å²) < 4.78 is 7.90. The molecule has 0 aliphatic rings. The van der Waals surface area contributed by atoms with Crippen LogP contribution in [0.4, 0.5) is 0 Å². The van der Waals surface area contributed by atoms with Crippen LogP contribution in [-0.4, -0.2) is 5.16 Å². The maximum Gasteiger partial charge on any atom is 0.254 e. The summed E-state index contributed by atoms with van der Waals surface area (Å²) in [7, 11) is 0. The summed E-state index contributed by atoms with van der Waals surface area (Å²) in [5, 5.41) is 7.31. The standard InChI is InChI=1S/C14H21N2O2/c1-13(2,3)12-6-7-18(16-12)10-14(4,5)11-8-15-17-9-11/h6-9H,10H2,1-5H3/q+1/p+1. The van der Waals surface area contributed by atoms with Gasteiger partial charge in [-0.05, 0) is 19.0 Å². The fraction of sp³-hybridized carbons (Fsp3) is 0.571. The van der Waals surface area contributed by atoms with E-state index >= 15 is 0 Å². The van der Waals surface area contributed by atoms with Gasteiger partial charge in [-0.25, -0.2) is 4.52 Å². The van der Waals surface area contributed by atoms with Gasteiger partial charge in [0.25, 0.3) is 6.26 Å². The average Bonchev–Trinajstić information content (AvgIpc) is 2.83. The number of hydrogen-bond donors (Lipinski definition) is 0. The molecule has 0 atom stereocenters. The zero-order valence-electron chi connectivity index (χ0n) is 11.8. The third kappa shape index (κ3) is 2.63. The fourth-order valence-corrected chi connectivity index (χ4v) is 1.83. The van der Waals surface area contributed by atoms with E-state index < -0.39 is 0 Å². The van der Waals surface area contributed by atoms with Gasteiger partial charge in [-0.2, -0.15) is 0 Å². The highest BCUT2D eigenvalue weighted by molar-refractivity contribution is 5.12. The number of rotatable bonds is 3. The van der Waals surface area contributed by atoms with Crippen molar-refractivity contribution in [3.8, 4) is 0 Å². The number of aromatic nitrogens is 2. The predicted molar refractivity (Wildman–Crippen MR) is 68.1 cm³/mol. The lowest BCUT2D eigenvalue weighted by molar-refractivity contribution is -0.608. The van der Waals surface area contributed by atoms with Gasteiger partial charge in [0.15, 0.2) is 6.26 Å². The van der Waals surface area contributed by atoms with Gasteiger partial charge < -0.3 is 4.15 Å². The van der Waals surface area contributed by atoms with Crippen molar-refractivity contribution in [1.82, 2.24) is 5.16 Å². The Bertz CT molecular complexity index is 504. The maximum absolute atomic E-state index is 5.03. The van der Waals surface area contributed by atoms with Crippen molar-refractivity contribution >= 4 is 0 Å². The van der Waals surface area contributed by atoms with E-state index in [1.165, 1.54) is 0 Å². The molecule has 1 N–H and O–H groups in total. The highest BCUT2D eigenvalue weighted by Gasteiger charge is 2.31. The third-order valence-corrected chi connectivity index (χ3v) is 3.13. The van der Waals surface area contributed by atoms with E-state index in [4.69, 9.17) is 4.52 Å². The predicted octanol–water partition coefficient (Wildman–Crippen LogP) is 3.04. The van der Waals surface area contributed by atoms with E-state index in [0.29, 0.717) is 0 Å². The van der Waals surface area contributed by atoms with E-state index in [2.05, 4.69) is 55.2 Å². The lowest BCUT2D eigenvalue weighted by Crippen LogP contribution is -2.20. The second-order valence-electron chi connectivity index (χ2n) is 6.41. The molecule has 0 fully saturated rings. The Morgan fingerprint density at radius 2 is 2.00 bits per heavy atom. The van der Waals surface area contributed by atoms with Gasteiger partial charge in [0.05, 0.1) is 22.2 Å². The summed E-state index contributed by atoms with van der Waals surface area (Å²) >= 11 is 0. The minimum atomic E-state index is -0.0463. The first-order valence-electron chi connectivity index (χ1n) is 6.21. The number of aromatic amines is 1. The molecule has 0 aliphatic carbocycles. The quantitative estimate of drug-likeness (QED) is 0.786. The largest absolute Gasteiger partial charge is 0.418 e. The van der Waals surface area contributed by atoms with Crippen LogP contribution in [0.15, 0.2) is 33.5 Å². The minimum absolute atomic E-state index is 0.0463. The molecule has 2 heterocycles. The molecular formula is C14H22N2O2+2. The molecule has 0 aliphatic heterocycles. The fourth-order valence-electron chi connectivity index (χ4n) is 1.83. The van der Waals surface area contributed by atoms with Crippen LogP contribution in [0.5, 0.6) is 0 Å². The molecule has 0 spiro atoms. The molecule has 2 rings (SSSR count). The number of hydrogen-bond acceptors (Lipinski definition) is 2. The molecule has 2 aromatic heterocycles. The van der Waals surface area contributed by atoms with E-state index in [1.807, 2.05) is 12.5 Å². The van der Waals surface area contributed by atoms with Crippen LogP contribution in [0.2, 0.25) is 0 Å². The van der Waals surface area contributed by atoms with Gasteiger partial charge >= 0.3 is 0 Å². The smallest absolute Gasteiger partial charge is 0.254 e. The second kappa shape index (κ2) is 4.26. The first-order valence-corrected chi connectivity index (χ1v) is 6.21. The number of nitrogens with one attached hydrogen (secondary N) is 1. The van der Waals surface area contributed by atoms with Crippen LogP contribution < -0.4 is 5.16 Å². The minimum Gasteiger partial charge on any atom is -0.418 e. The normalized spacial score (nSPS) is 12.9. The van der Waals surface area contributed by atoms with E-state index in [-0.39, 0.29) is 10.8 Å². The SMILES string of the molecule is CC(C)(C)c1cc[o+](CC(C)(C)c2c[nH+]oc2)n1. The van der Waals surface area contributed by atoms with Crippen LogP contribution in [0.3, 0.4) is 0 Å². The van der Waals surface area contributed by atoms with E-state index in [1.54, 1.807) is 6.26 Å². The Morgan fingerprint density at radius 1 is 1.28 bits per heavy atom. The first-order chi connectivity index (χ1) is 8.29. The van der Waals surface area contributed by atoms with Gasteiger partial charge in [-0.3, -0.25) is 0 Å². The average molecular weight is 250 g/mol. The van der Waals surface area contributed by atoms with Crippen molar-refractivity contribution in [2.75, 3.05) is 0 Å². The monoisotopic (exact) mass is 250 g/mol. The van der Waals surface area contributed by atoms with Crippen molar-refractivity contribution in [2.45, 2.75) is 52.1 Å². The molecule has 0 saturated heterocycles. The van der Waals surface area contributed by atoms with Gasteiger partial charge in [0.2, 0.25) is 12.8 Å². The lowest BCUT2D eigenvalue weighted by atomic mass is 9.88. The Morgan fingerprint density at radius 3 is 2.50 bits per heavy atom. The Kier molecular flexibility index (Phi) is 3.05. The molecule has 0 saturated carbocycles. The molecule has 18 heavy (non-hydrogen) atoms. The van der Waals surface area contributed by atoms with Crippen molar-refractivity contribution < 1.29 is 13.8 Å². The summed E-state index contributed by atoms with van der Waals surface area (Å²) in [5.41, 5.74) is 2.24. The summed E-state index contributed by atoms with van der Waals surface area (Å²) in [4.78, 5) is 0. The van der Waals surface area contributed by atoms with Crippen molar-refractivity contribution in [3.05, 3.63) is 36.0 Å². The topological polar surface area (TPSA) is 42.9 Å². The Balaban J connectivity index is 2.17. The number of H-pyrrole nitrogens is 1. The van der Waals surface area contributed by atoms with Gasteiger partial charge in [-0.1, -0.05) is 20.8 Å². The maximum atomic E-state index is 5.03. The molecule has 0 bridgehead atoms. The van der Waals surface area contributed by atoms with Crippen LogP contribution in [0, 0.1) is 0 Å². The molecule has 98 valence electrons. The molecule has 0 radical (unpaired) electrons. The van der Waals surface area contributed by atoms with E-state index in [0.717, 1.165) is 17.9 Å². The van der Waals surface area contributed by atoms with Crippen molar-refractivity contribution in [1.29, 1.82) is 0 Å². The third-order valence-electron chi connectivity index (χ3n) is 3.13. The molecule has 0 aromatic carbocycles.